The number of nitriles is 1. The molecule has 0 aliphatic carbocycles. The highest BCUT2D eigenvalue weighted by molar-refractivity contribution is 5.75. The van der Waals surface area contributed by atoms with E-state index in [1.807, 2.05) is 33.8 Å². The summed E-state index contributed by atoms with van der Waals surface area (Å²) in [6.45, 7) is 7.91. The minimum atomic E-state index is -0.662. The van der Waals surface area contributed by atoms with Crippen LogP contribution < -0.4 is 0 Å². The summed E-state index contributed by atoms with van der Waals surface area (Å²) in [6.07, 6.45) is 0. The molecule has 3 heteroatoms. The predicted molar refractivity (Wildman–Crippen MR) is 49.7 cm³/mol. The molecule has 0 aromatic rings. The van der Waals surface area contributed by atoms with Gasteiger partial charge in [-0.1, -0.05) is 27.7 Å². The molecule has 0 fully saturated rings. The number of rotatable bonds is 2. The van der Waals surface area contributed by atoms with E-state index in [1.54, 1.807) is 0 Å². The number of carbonyl (C=O) groups excluding carboxylic acids is 1. The van der Waals surface area contributed by atoms with Gasteiger partial charge in [-0.05, 0) is 11.3 Å². The fraction of sp³-hybridized carbons (Fsp3) is 0.800. The maximum absolute atomic E-state index is 11.2. The molecule has 0 bridgehead atoms. The highest BCUT2D eigenvalue weighted by Gasteiger charge is 2.33. The van der Waals surface area contributed by atoms with Crippen molar-refractivity contribution in [3.63, 3.8) is 0 Å². The molecule has 0 radical (unpaired) electrons. The average molecular weight is 183 g/mol. The summed E-state index contributed by atoms with van der Waals surface area (Å²) in [6, 6.07) is 1.98. The summed E-state index contributed by atoms with van der Waals surface area (Å²) in [4.78, 5) is 11.2. The van der Waals surface area contributed by atoms with Crippen molar-refractivity contribution < 1.29 is 9.53 Å². The van der Waals surface area contributed by atoms with Gasteiger partial charge in [0.25, 0.3) is 0 Å². The van der Waals surface area contributed by atoms with Gasteiger partial charge in [0.05, 0.1) is 13.2 Å². The second-order valence-corrected chi connectivity index (χ2v) is 4.28. The quantitative estimate of drug-likeness (QED) is 0.615. The van der Waals surface area contributed by atoms with E-state index in [2.05, 4.69) is 4.74 Å². The molecule has 0 aromatic carbocycles. The van der Waals surface area contributed by atoms with Gasteiger partial charge in [-0.3, -0.25) is 4.79 Å². The van der Waals surface area contributed by atoms with Gasteiger partial charge in [-0.2, -0.15) is 5.26 Å². The first kappa shape index (κ1) is 12.0. The monoisotopic (exact) mass is 183 g/mol. The zero-order valence-electron chi connectivity index (χ0n) is 8.92. The van der Waals surface area contributed by atoms with Crippen LogP contribution in [0.4, 0.5) is 0 Å². The Labute approximate surface area is 79.7 Å². The van der Waals surface area contributed by atoms with Crippen molar-refractivity contribution in [2.24, 2.45) is 17.3 Å². The lowest BCUT2D eigenvalue weighted by molar-refractivity contribution is -0.146. The van der Waals surface area contributed by atoms with Crippen LogP contribution in [0.2, 0.25) is 0 Å². The second kappa shape index (κ2) is 4.27. The molecular formula is C10H17NO2. The SMILES string of the molecule is COC(=O)C(C#N)C(C)C(C)(C)C. The van der Waals surface area contributed by atoms with Gasteiger partial charge >= 0.3 is 5.97 Å². The Morgan fingerprint density at radius 3 is 2.15 bits per heavy atom. The molecule has 0 N–H and O–H groups in total. The highest BCUT2D eigenvalue weighted by atomic mass is 16.5. The maximum Gasteiger partial charge on any atom is 0.323 e. The van der Waals surface area contributed by atoms with Crippen LogP contribution in [0, 0.1) is 28.6 Å². The summed E-state index contributed by atoms with van der Waals surface area (Å²) < 4.78 is 4.56. The lowest BCUT2D eigenvalue weighted by atomic mass is 9.75. The van der Waals surface area contributed by atoms with Crippen LogP contribution >= 0.6 is 0 Å². The Kier molecular flexibility index (Phi) is 3.93. The van der Waals surface area contributed by atoms with E-state index < -0.39 is 11.9 Å². The van der Waals surface area contributed by atoms with Crippen molar-refractivity contribution >= 4 is 5.97 Å². The molecule has 0 spiro atoms. The van der Waals surface area contributed by atoms with E-state index in [-0.39, 0.29) is 11.3 Å². The number of carbonyl (C=O) groups is 1. The zero-order chi connectivity index (χ0) is 10.6. The third-order valence-electron chi connectivity index (χ3n) is 2.46. The molecule has 74 valence electrons. The van der Waals surface area contributed by atoms with Crippen molar-refractivity contribution in [1.82, 2.24) is 0 Å². The van der Waals surface area contributed by atoms with E-state index in [0.29, 0.717) is 0 Å². The Hall–Kier alpha value is -1.04. The molecule has 0 rings (SSSR count). The standard InChI is InChI=1S/C10H17NO2/c1-7(10(2,3)4)8(6-11)9(12)13-5/h7-8H,1-5H3. The van der Waals surface area contributed by atoms with Gasteiger partial charge in [0, 0.05) is 0 Å². The number of methoxy groups -OCH3 is 1. The van der Waals surface area contributed by atoms with Crippen LogP contribution in [0.25, 0.3) is 0 Å². The summed E-state index contributed by atoms with van der Waals surface area (Å²) in [5, 5.41) is 8.81. The van der Waals surface area contributed by atoms with Gasteiger partial charge in [0.15, 0.2) is 0 Å². The number of hydrogen-bond acceptors (Lipinski definition) is 3. The van der Waals surface area contributed by atoms with Crippen LogP contribution in [0.3, 0.4) is 0 Å². The normalized spacial score (nSPS) is 15.7. The lowest BCUT2D eigenvalue weighted by Crippen LogP contribution is -2.30. The molecule has 0 heterocycles. The molecule has 0 aromatic heterocycles. The number of hydrogen-bond donors (Lipinski definition) is 0. The van der Waals surface area contributed by atoms with Crippen molar-refractivity contribution in [2.75, 3.05) is 7.11 Å². The smallest absolute Gasteiger partial charge is 0.323 e. The minimum Gasteiger partial charge on any atom is -0.468 e. The third kappa shape index (κ3) is 3.06. The fourth-order valence-corrected chi connectivity index (χ4v) is 0.996. The second-order valence-electron chi connectivity index (χ2n) is 4.28. The van der Waals surface area contributed by atoms with E-state index in [0.717, 1.165) is 0 Å². The third-order valence-corrected chi connectivity index (χ3v) is 2.46. The predicted octanol–water partition coefficient (Wildman–Crippen LogP) is 1.98. The molecular weight excluding hydrogens is 166 g/mol. The molecule has 0 amide bonds. The van der Waals surface area contributed by atoms with Crippen LogP contribution in [0.5, 0.6) is 0 Å². The van der Waals surface area contributed by atoms with Crippen LogP contribution in [-0.4, -0.2) is 13.1 Å². The van der Waals surface area contributed by atoms with Crippen molar-refractivity contribution in [2.45, 2.75) is 27.7 Å². The van der Waals surface area contributed by atoms with E-state index in [4.69, 9.17) is 5.26 Å². The van der Waals surface area contributed by atoms with E-state index in [1.165, 1.54) is 7.11 Å². The molecule has 0 aliphatic heterocycles. The van der Waals surface area contributed by atoms with Gasteiger partial charge in [-0.25, -0.2) is 0 Å². The molecule has 3 nitrogen and oxygen atoms in total. The number of ether oxygens (including phenoxy) is 1. The number of nitrogens with zero attached hydrogens (tertiary/aromatic N) is 1. The zero-order valence-corrected chi connectivity index (χ0v) is 8.92. The average Bonchev–Trinajstić information content (AvgIpc) is 2.03. The first-order valence-electron chi connectivity index (χ1n) is 4.32. The van der Waals surface area contributed by atoms with Gasteiger partial charge in [-0.15, -0.1) is 0 Å². The van der Waals surface area contributed by atoms with Gasteiger partial charge < -0.3 is 4.74 Å². The summed E-state index contributed by atoms with van der Waals surface area (Å²) in [5.41, 5.74) is -0.0609. The Bertz CT molecular complexity index is 222. The fourth-order valence-electron chi connectivity index (χ4n) is 0.996. The molecule has 0 saturated carbocycles. The summed E-state index contributed by atoms with van der Waals surface area (Å²) in [7, 11) is 1.31. The van der Waals surface area contributed by atoms with Gasteiger partial charge in [0.2, 0.25) is 0 Å². The van der Waals surface area contributed by atoms with Crippen LogP contribution in [0.15, 0.2) is 0 Å². The molecule has 2 unspecified atom stereocenters. The van der Waals surface area contributed by atoms with Crippen molar-refractivity contribution in [1.29, 1.82) is 5.26 Å². The Morgan fingerprint density at radius 1 is 1.46 bits per heavy atom. The first-order chi connectivity index (χ1) is 5.84. The number of esters is 1. The summed E-state index contributed by atoms with van der Waals surface area (Å²) in [5.74, 6) is -1.11. The molecule has 2 atom stereocenters. The topological polar surface area (TPSA) is 50.1 Å². The lowest BCUT2D eigenvalue weighted by Gasteiger charge is -2.29. The van der Waals surface area contributed by atoms with Crippen LogP contribution in [0.1, 0.15) is 27.7 Å². The molecule has 0 aliphatic rings. The molecule has 0 saturated heterocycles. The van der Waals surface area contributed by atoms with Crippen molar-refractivity contribution in [3.05, 3.63) is 0 Å². The first-order valence-corrected chi connectivity index (χ1v) is 4.32. The van der Waals surface area contributed by atoms with Gasteiger partial charge in [0.1, 0.15) is 5.92 Å². The van der Waals surface area contributed by atoms with Crippen LogP contribution in [-0.2, 0) is 9.53 Å². The van der Waals surface area contributed by atoms with E-state index in [9.17, 15) is 4.79 Å². The largest absolute Gasteiger partial charge is 0.468 e. The van der Waals surface area contributed by atoms with E-state index >= 15 is 0 Å². The Balaban J connectivity index is 4.63. The maximum atomic E-state index is 11.2. The molecule has 13 heavy (non-hydrogen) atoms. The summed E-state index contributed by atoms with van der Waals surface area (Å²) >= 11 is 0. The van der Waals surface area contributed by atoms with Crippen molar-refractivity contribution in [3.8, 4) is 6.07 Å². The highest BCUT2D eigenvalue weighted by Crippen LogP contribution is 2.31. The Morgan fingerprint density at radius 2 is 1.92 bits per heavy atom. The minimum absolute atomic E-state index is 0.00931.